The van der Waals surface area contributed by atoms with Gasteiger partial charge in [0.1, 0.15) is 0 Å². The van der Waals surface area contributed by atoms with E-state index in [1.165, 1.54) is 6.42 Å². The Bertz CT molecular complexity index is 415. The molecule has 1 atom stereocenters. The van der Waals surface area contributed by atoms with Gasteiger partial charge >= 0.3 is 0 Å². The van der Waals surface area contributed by atoms with Gasteiger partial charge in [0.2, 0.25) is 0 Å². The molecule has 0 aliphatic carbocycles. The lowest BCUT2D eigenvalue weighted by Crippen LogP contribution is -2.43. The van der Waals surface area contributed by atoms with E-state index in [1.54, 1.807) is 12.1 Å². The van der Waals surface area contributed by atoms with Crippen molar-refractivity contribution in [1.82, 2.24) is 4.90 Å². The molecule has 0 radical (unpaired) electrons. The number of non-ortho nitro benzene ring substituents is 1. The molecule has 1 saturated heterocycles. The van der Waals surface area contributed by atoms with Gasteiger partial charge in [0, 0.05) is 31.3 Å². The van der Waals surface area contributed by atoms with Crippen LogP contribution in [-0.4, -0.2) is 35.5 Å². The summed E-state index contributed by atoms with van der Waals surface area (Å²) >= 11 is 0. The SMILES string of the molecule is Cl.Cl.NC1CCCN(CCc2ccc([N+](=O)[O-])cc2)C1. The third-order valence-electron chi connectivity index (χ3n) is 3.41. The molecule has 0 spiro atoms. The van der Waals surface area contributed by atoms with Gasteiger partial charge in [-0.05, 0) is 31.4 Å². The van der Waals surface area contributed by atoms with Crippen LogP contribution in [0.2, 0.25) is 0 Å². The largest absolute Gasteiger partial charge is 0.327 e. The van der Waals surface area contributed by atoms with Gasteiger partial charge in [0.25, 0.3) is 5.69 Å². The average molecular weight is 322 g/mol. The third-order valence-corrected chi connectivity index (χ3v) is 3.41. The van der Waals surface area contributed by atoms with Crippen molar-refractivity contribution in [3.8, 4) is 0 Å². The van der Waals surface area contributed by atoms with Gasteiger partial charge in [-0.3, -0.25) is 10.1 Å². The van der Waals surface area contributed by atoms with Crippen LogP contribution in [0.25, 0.3) is 0 Å². The Labute approximate surface area is 131 Å². The van der Waals surface area contributed by atoms with Crippen molar-refractivity contribution in [3.63, 3.8) is 0 Å². The highest BCUT2D eigenvalue weighted by Gasteiger charge is 2.16. The molecule has 0 aromatic heterocycles. The second-order valence-electron chi connectivity index (χ2n) is 4.88. The molecule has 0 amide bonds. The van der Waals surface area contributed by atoms with E-state index in [1.807, 2.05) is 12.1 Å². The predicted octanol–water partition coefficient (Wildman–Crippen LogP) is 2.40. The van der Waals surface area contributed by atoms with Gasteiger partial charge in [-0.15, -0.1) is 24.8 Å². The maximum Gasteiger partial charge on any atom is 0.269 e. The molecule has 1 aliphatic rings. The molecule has 2 rings (SSSR count). The Hall–Kier alpha value is -0.880. The van der Waals surface area contributed by atoms with Gasteiger partial charge in [0.15, 0.2) is 0 Å². The highest BCUT2D eigenvalue weighted by molar-refractivity contribution is 5.85. The fraction of sp³-hybridized carbons (Fsp3) is 0.538. The van der Waals surface area contributed by atoms with Crippen LogP contribution in [0.1, 0.15) is 18.4 Å². The lowest BCUT2D eigenvalue weighted by Gasteiger charge is -2.30. The molecule has 1 aromatic rings. The normalized spacial score (nSPS) is 18.8. The Morgan fingerprint density at radius 3 is 2.50 bits per heavy atom. The molecular formula is C13H21Cl2N3O2. The van der Waals surface area contributed by atoms with Crippen molar-refractivity contribution in [2.24, 2.45) is 5.73 Å². The lowest BCUT2D eigenvalue weighted by atomic mass is 10.1. The minimum Gasteiger partial charge on any atom is -0.327 e. The number of rotatable bonds is 4. The summed E-state index contributed by atoms with van der Waals surface area (Å²) in [7, 11) is 0. The summed E-state index contributed by atoms with van der Waals surface area (Å²) in [6.07, 6.45) is 3.21. The summed E-state index contributed by atoms with van der Waals surface area (Å²) in [6.45, 7) is 3.05. The van der Waals surface area contributed by atoms with Gasteiger partial charge < -0.3 is 10.6 Å². The Kier molecular flexibility index (Phi) is 8.73. The maximum atomic E-state index is 10.5. The van der Waals surface area contributed by atoms with Crippen molar-refractivity contribution in [1.29, 1.82) is 0 Å². The number of halogens is 2. The van der Waals surface area contributed by atoms with Crippen molar-refractivity contribution in [2.75, 3.05) is 19.6 Å². The summed E-state index contributed by atoms with van der Waals surface area (Å²) in [6, 6.07) is 7.11. The van der Waals surface area contributed by atoms with E-state index in [9.17, 15) is 10.1 Å². The fourth-order valence-corrected chi connectivity index (χ4v) is 2.37. The zero-order valence-corrected chi connectivity index (χ0v) is 12.9. The second-order valence-corrected chi connectivity index (χ2v) is 4.88. The summed E-state index contributed by atoms with van der Waals surface area (Å²) < 4.78 is 0. The first-order valence-corrected chi connectivity index (χ1v) is 6.36. The van der Waals surface area contributed by atoms with Crippen LogP contribution in [0.4, 0.5) is 5.69 Å². The molecule has 1 aromatic carbocycles. The molecule has 114 valence electrons. The Morgan fingerprint density at radius 1 is 1.30 bits per heavy atom. The monoisotopic (exact) mass is 321 g/mol. The van der Waals surface area contributed by atoms with Crippen LogP contribution in [0.15, 0.2) is 24.3 Å². The lowest BCUT2D eigenvalue weighted by molar-refractivity contribution is -0.384. The number of nitrogens with two attached hydrogens (primary N) is 1. The van der Waals surface area contributed by atoms with Crippen LogP contribution in [0, 0.1) is 10.1 Å². The molecule has 1 heterocycles. The molecule has 20 heavy (non-hydrogen) atoms. The van der Waals surface area contributed by atoms with Crippen molar-refractivity contribution >= 4 is 30.5 Å². The van der Waals surface area contributed by atoms with Crippen LogP contribution in [0.5, 0.6) is 0 Å². The number of likely N-dealkylation sites (tertiary alicyclic amines) is 1. The van der Waals surface area contributed by atoms with Crippen LogP contribution < -0.4 is 5.73 Å². The van der Waals surface area contributed by atoms with Crippen LogP contribution >= 0.6 is 24.8 Å². The van der Waals surface area contributed by atoms with Gasteiger partial charge in [0.05, 0.1) is 4.92 Å². The number of hydrogen-bond donors (Lipinski definition) is 1. The molecule has 2 N–H and O–H groups in total. The van der Waals surface area contributed by atoms with E-state index in [-0.39, 0.29) is 35.4 Å². The standard InChI is InChI=1S/C13H19N3O2.2ClH/c14-12-2-1-8-15(10-12)9-7-11-3-5-13(6-4-11)16(17)18;;/h3-6,12H,1-2,7-10,14H2;2*1H. The zero-order chi connectivity index (χ0) is 13.0. The highest BCUT2D eigenvalue weighted by atomic mass is 35.5. The molecule has 7 heteroatoms. The minimum atomic E-state index is -0.368. The van der Waals surface area contributed by atoms with Gasteiger partial charge in [-0.1, -0.05) is 12.1 Å². The summed E-state index contributed by atoms with van der Waals surface area (Å²) in [5.41, 5.74) is 7.22. The first kappa shape index (κ1) is 19.1. The molecule has 0 saturated carbocycles. The predicted molar refractivity (Wildman–Crippen MR) is 84.9 cm³/mol. The molecule has 5 nitrogen and oxygen atoms in total. The van der Waals surface area contributed by atoms with Crippen molar-refractivity contribution in [2.45, 2.75) is 25.3 Å². The number of nitro benzene ring substituents is 1. The smallest absolute Gasteiger partial charge is 0.269 e. The van der Waals surface area contributed by atoms with E-state index in [4.69, 9.17) is 5.73 Å². The van der Waals surface area contributed by atoms with E-state index in [2.05, 4.69) is 4.90 Å². The quantitative estimate of drug-likeness (QED) is 0.682. The Morgan fingerprint density at radius 2 is 1.95 bits per heavy atom. The van der Waals surface area contributed by atoms with Crippen molar-refractivity contribution < 1.29 is 4.92 Å². The summed E-state index contributed by atoms with van der Waals surface area (Å²) in [5, 5.41) is 10.5. The van der Waals surface area contributed by atoms with Crippen molar-refractivity contribution in [3.05, 3.63) is 39.9 Å². The number of nitro groups is 1. The molecule has 1 unspecified atom stereocenters. The van der Waals surface area contributed by atoms with E-state index in [0.717, 1.165) is 38.0 Å². The topological polar surface area (TPSA) is 72.4 Å². The van der Waals surface area contributed by atoms with Gasteiger partial charge in [-0.2, -0.15) is 0 Å². The number of piperidine rings is 1. The summed E-state index contributed by atoms with van der Waals surface area (Å²) in [4.78, 5) is 12.5. The Balaban J connectivity index is 0.00000180. The molecular weight excluding hydrogens is 301 g/mol. The molecule has 1 fully saturated rings. The second kappa shape index (κ2) is 9.13. The van der Waals surface area contributed by atoms with Gasteiger partial charge in [-0.25, -0.2) is 0 Å². The van der Waals surface area contributed by atoms with E-state index in [0.29, 0.717) is 6.04 Å². The van der Waals surface area contributed by atoms with Crippen LogP contribution in [-0.2, 0) is 6.42 Å². The number of nitrogens with zero attached hydrogens (tertiary/aromatic N) is 2. The zero-order valence-electron chi connectivity index (χ0n) is 11.2. The summed E-state index contributed by atoms with van der Waals surface area (Å²) in [5.74, 6) is 0. The van der Waals surface area contributed by atoms with E-state index >= 15 is 0 Å². The molecule has 1 aliphatic heterocycles. The number of hydrogen-bond acceptors (Lipinski definition) is 4. The first-order chi connectivity index (χ1) is 8.65. The van der Waals surface area contributed by atoms with E-state index < -0.39 is 0 Å². The molecule has 0 bridgehead atoms. The maximum absolute atomic E-state index is 10.5. The highest BCUT2D eigenvalue weighted by Crippen LogP contribution is 2.14. The fourth-order valence-electron chi connectivity index (χ4n) is 2.37. The third kappa shape index (κ3) is 5.63. The minimum absolute atomic E-state index is 0. The first-order valence-electron chi connectivity index (χ1n) is 6.36. The number of benzene rings is 1. The van der Waals surface area contributed by atoms with Crippen LogP contribution in [0.3, 0.4) is 0 Å². The average Bonchev–Trinajstić information content (AvgIpc) is 2.37.